The van der Waals surface area contributed by atoms with Gasteiger partial charge in [0.15, 0.2) is 5.82 Å². The third kappa shape index (κ3) is 3.69. The molecule has 222 valence electrons. The molecular formula is C42H29N3OSi. The number of para-hydroxylation sites is 2. The Kier molecular flexibility index (Phi) is 5.41. The van der Waals surface area contributed by atoms with Gasteiger partial charge < -0.3 is 8.98 Å². The average molecular weight is 620 g/mol. The molecule has 5 heteroatoms. The molecule has 0 saturated heterocycles. The van der Waals surface area contributed by atoms with Gasteiger partial charge in [-0.3, -0.25) is 0 Å². The first kappa shape index (κ1) is 26.4. The van der Waals surface area contributed by atoms with Crippen LogP contribution in [0.4, 0.5) is 0 Å². The predicted octanol–water partition coefficient (Wildman–Crippen LogP) is 9.61. The number of fused-ring (bicyclic) bond motifs is 10. The normalized spacial score (nSPS) is 13.5. The molecular weight excluding hydrogens is 591 g/mol. The minimum atomic E-state index is -2.02. The van der Waals surface area contributed by atoms with Gasteiger partial charge in [0, 0.05) is 38.4 Å². The van der Waals surface area contributed by atoms with Crippen LogP contribution in [0.5, 0.6) is 0 Å². The molecule has 6 aromatic carbocycles. The van der Waals surface area contributed by atoms with Gasteiger partial charge in [-0.05, 0) is 52.3 Å². The van der Waals surface area contributed by atoms with Crippen LogP contribution in [-0.4, -0.2) is 22.6 Å². The molecule has 1 aliphatic rings. The second-order valence-corrected chi connectivity index (χ2v) is 17.3. The van der Waals surface area contributed by atoms with Crippen LogP contribution < -0.4 is 10.4 Å². The van der Waals surface area contributed by atoms with Gasteiger partial charge >= 0.3 is 0 Å². The van der Waals surface area contributed by atoms with Gasteiger partial charge in [-0.15, -0.1) is 0 Å². The van der Waals surface area contributed by atoms with Crippen molar-refractivity contribution in [2.45, 2.75) is 13.1 Å². The average Bonchev–Trinajstić information content (AvgIpc) is 3.74. The zero-order valence-corrected chi connectivity index (χ0v) is 27.0. The minimum Gasteiger partial charge on any atom is -0.456 e. The molecule has 0 spiro atoms. The molecule has 3 aromatic heterocycles. The first-order valence-electron chi connectivity index (χ1n) is 16.1. The summed E-state index contributed by atoms with van der Waals surface area (Å²) in [6.45, 7) is 4.85. The maximum Gasteiger partial charge on any atom is 0.160 e. The molecule has 0 atom stereocenters. The van der Waals surface area contributed by atoms with E-state index in [0.717, 1.165) is 67.0 Å². The van der Waals surface area contributed by atoms with Crippen LogP contribution in [-0.2, 0) is 0 Å². The van der Waals surface area contributed by atoms with Crippen molar-refractivity contribution in [3.63, 3.8) is 0 Å². The molecule has 0 saturated carbocycles. The molecule has 0 amide bonds. The number of hydrogen-bond acceptors (Lipinski definition) is 3. The molecule has 1 aliphatic heterocycles. The number of rotatable bonds is 3. The van der Waals surface area contributed by atoms with Gasteiger partial charge in [-0.25, -0.2) is 9.97 Å². The zero-order chi connectivity index (χ0) is 31.3. The zero-order valence-electron chi connectivity index (χ0n) is 26.0. The molecule has 0 fully saturated rings. The van der Waals surface area contributed by atoms with Gasteiger partial charge in [-0.2, -0.15) is 0 Å². The second kappa shape index (κ2) is 9.61. The lowest BCUT2D eigenvalue weighted by atomic mass is 10.1. The van der Waals surface area contributed by atoms with Crippen LogP contribution in [0.2, 0.25) is 13.1 Å². The summed E-state index contributed by atoms with van der Waals surface area (Å²) in [5, 5.41) is 7.45. The number of nitrogens with zero attached hydrogens (tertiary/aromatic N) is 3. The predicted molar refractivity (Wildman–Crippen MR) is 197 cm³/mol. The van der Waals surface area contributed by atoms with Crippen molar-refractivity contribution in [1.29, 1.82) is 0 Å². The second-order valence-electron chi connectivity index (χ2n) is 13.0. The first-order chi connectivity index (χ1) is 23.1. The van der Waals surface area contributed by atoms with Crippen LogP contribution in [0.3, 0.4) is 0 Å². The summed E-state index contributed by atoms with van der Waals surface area (Å²) in [4.78, 5) is 10.7. The van der Waals surface area contributed by atoms with Crippen molar-refractivity contribution in [2.75, 3.05) is 0 Å². The molecule has 4 heterocycles. The van der Waals surface area contributed by atoms with E-state index in [0.29, 0.717) is 0 Å². The van der Waals surface area contributed by atoms with Crippen molar-refractivity contribution in [1.82, 2.24) is 14.5 Å². The van der Waals surface area contributed by atoms with Crippen molar-refractivity contribution in [2.24, 2.45) is 0 Å². The summed E-state index contributed by atoms with van der Waals surface area (Å²) in [6, 6.07) is 49.4. The van der Waals surface area contributed by atoms with Crippen LogP contribution >= 0.6 is 0 Å². The summed E-state index contributed by atoms with van der Waals surface area (Å²) in [5.74, 6) is 0.745. The quantitative estimate of drug-likeness (QED) is 0.185. The first-order valence-corrected chi connectivity index (χ1v) is 19.1. The fourth-order valence-electron chi connectivity index (χ4n) is 7.89. The molecule has 4 nitrogen and oxygen atoms in total. The molecule has 9 aromatic rings. The number of aromatic nitrogens is 3. The van der Waals surface area contributed by atoms with Crippen molar-refractivity contribution in [3.05, 3.63) is 140 Å². The number of furan rings is 1. The highest BCUT2D eigenvalue weighted by atomic mass is 28.3. The summed E-state index contributed by atoms with van der Waals surface area (Å²) in [7, 11) is -2.02. The number of benzene rings is 6. The lowest BCUT2D eigenvalue weighted by molar-refractivity contribution is 0.669. The van der Waals surface area contributed by atoms with Crippen molar-refractivity contribution >= 4 is 62.2 Å². The number of hydrogen-bond donors (Lipinski definition) is 0. The van der Waals surface area contributed by atoms with E-state index < -0.39 is 8.07 Å². The Bertz CT molecular complexity index is 2720. The standard InChI is InChI=1S/C42H29N3OSi/c1-47(2)36-22-11-8-19-31(36)40-41(47)39(26-13-4-3-5-14-26)43-42(44-40)27-15-12-16-28(25-27)45-32-20-9-6-17-29(32)37-33(45)23-24-35-38(37)30-18-7-10-21-34(30)46-35/h3-25H,1-2H3. The third-order valence-corrected chi connectivity index (χ3v) is 13.5. The third-order valence-electron chi connectivity index (χ3n) is 9.98. The van der Waals surface area contributed by atoms with Crippen LogP contribution in [0.25, 0.3) is 83.3 Å². The Morgan fingerprint density at radius 3 is 2.17 bits per heavy atom. The van der Waals surface area contributed by atoms with E-state index in [2.05, 4.69) is 145 Å². The van der Waals surface area contributed by atoms with Gasteiger partial charge in [0.2, 0.25) is 0 Å². The monoisotopic (exact) mass is 619 g/mol. The molecule has 10 rings (SSSR count). The van der Waals surface area contributed by atoms with Crippen molar-refractivity contribution < 1.29 is 4.42 Å². The van der Waals surface area contributed by atoms with Crippen LogP contribution in [0, 0.1) is 0 Å². The maximum atomic E-state index is 6.30. The highest BCUT2D eigenvalue weighted by molar-refractivity contribution is 7.04. The summed E-state index contributed by atoms with van der Waals surface area (Å²) in [5.41, 5.74) is 10.7. The SMILES string of the molecule is C[Si]1(C)c2ccccc2-c2nc(-c3cccc(-n4c5ccccc5c5c6c(ccc54)oc4ccccc46)c3)nc(-c3ccccc3)c21. The summed E-state index contributed by atoms with van der Waals surface area (Å²) in [6.07, 6.45) is 0. The summed E-state index contributed by atoms with van der Waals surface area (Å²) < 4.78 is 8.67. The Morgan fingerprint density at radius 1 is 0.553 bits per heavy atom. The topological polar surface area (TPSA) is 43.9 Å². The van der Waals surface area contributed by atoms with Crippen LogP contribution in [0.1, 0.15) is 0 Å². The van der Waals surface area contributed by atoms with Gasteiger partial charge in [0.1, 0.15) is 19.2 Å². The fraction of sp³-hybridized carbons (Fsp3) is 0.0476. The molecule has 0 radical (unpaired) electrons. The van der Waals surface area contributed by atoms with E-state index >= 15 is 0 Å². The molecule has 0 unspecified atom stereocenters. The molecule has 47 heavy (non-hydrogen) atoms. The minimum absolute atomic E-state index is 0.745. The van der Waals surface area contributed by atoms with E-state index in [-0.39, 0.29) is 0 Å². The van der Waals surface area contributed by atoms with Crippen molar-refractivity contribution in [3.8, 4) is 39.6 Å². The Hall–Kier alpha value is -5.78. The highest BCUT2D eigenvalue weighted by Gasteiger charge is 2.41. The van der Waals surface area contributed by atoms with E-state index in [1.54, 1.807) is 0 Å². The lowest BCUT2D eigenvalue weighted by Crippen LogP contribution is -2.50. The molecule has 0 bridgehead atoms. The maximum absolute atomic E-state index is 6.30. The van der Waals surface area contributed by atoms with E-state index in [9.17, 15) is 0 Å². The summed E-state index contributed by atoms with van der Waals surface area (Å²) >= 11 is 0. The Morgan fingerprint density at radius 2 is 1.28 bits per heavy atom. The van der Waals surface area contributed by atoms with Gasteiger partial charge in [0.05, 0.1) is 22.4 Å². The molecule has 0 aliphatic carbocycles. The van der Waals surface area contributed by atoms with Crippen LogP contribution in [0.15, 0.2) is 144 Å². The van der Waals surface area contributed by atoms with E-state index in [4.69, 9.17) is 14.4 Å². The molecule has 0 N–H and O–H groups in total. The smallest absolute Gasteiger partial charge is 0.160 e. The van der Waals surface area contributed by atoms with E-state index in [1.165, 1.54) is 26.7 Å². The Labute approximate surface area is 272 Å². The lowest BCUT2D eigenvalue weighted by Gasteiger charge is -2.21. The largest absolute Gasteiger partial charge is 0.456 e. The van der Waals surface area contributed by atoms with E-state index in [1.807, 2.05) is 12.1 Å². The fourth-order valence-corrected chi connectivity index (χ4v) is 11.1. The highest BCUT2D eigenvalue weighted by Crippen LogP contribution is 2.41. The Balaban J connectivity index is 1.23. The van der Waals surface area contributed by atoms with Gasteiger partial charge in [0.25, 0.3) is 0 Å². The van der Waals surface area contributed by atoms with Gasteiger partial charge in [-0.1, -0.05) is 116 Å².